The molecule has 0 spiro atoms. The smallest absolute Gasteiger partial charge is 0.244 e. The second kappa shape index (κ2) is 13.7. The molecule has 3 aromatic carbocycles. The van der Waals surface area contributed by atoms with Gasteiger partial charge in [0.15, 0.2) is 0 Å². The second-order valence-corrected chi connectivity index (χ2v) is 14.3. The Morgan fingerprint density at radius 2 is 1.53 bits per heavy atom. The highest BCUT2D eigenvalue weighted by Gasteiger charge is 2.34. The zero-order valence-electron chi connectivity index (χ0n) is 25.4. The van der Waals surface area contributed by atoms with Crippen molar-refractivity contribution >= 4 is 27.5 Å². The van der Waals surface area contributed by atoms with Gasteiger partial charge in [-0.25, -0.2) is 12.8 Å². The number of halogens is 1. The number of nitrogens with zero attached hydrogens (tertiary/aromatic N) is 2. The summed E-state index contributed by atoms with van der Waals surface area (Å²) in [6.07, 6.45) is 4.99. The Morgan fingerprint density at radius 3 is 2.12 bits per heavy atom. The number of anilines is 1. The van der Waals surface area contributed by atoms with Gasteiger partial charge in [0.25, 0.3) is 0 Å². The summed E-state index contributed by atoms with van der Waals surface area (Å²) in [5.41, 5.74) is 2.28. The fraction of sp³-hybridized carbons (Fsp3) is 0.412. The molecule has 4 rings (SSSR count). The highest BCUT2D eigenvalue weighted by atomic mass is 32.2. The standard InChI is InChI=1S/C34H42FN3O4S/c1-34(2,3)27-18-20-29(21-19-27)38(43(4,41)42)24-32(39)37(23-26-14-8-11-17-30(26)35)31(22-25-12-6-5-7-13-25)33(40)36-28-15-9-10-16-28/h5-8,11-14,17-21,28,31H,9-10,15-16,22-24H2,1-4H3,(H,36,40)/t31-/m1/s1. The molecular weight excluding hydrogens is 565 g/mol. The van der Waals surface area contributed by atoms with Crippen LogP contribution in [-0.2, 0) is 38.0 Å². The van der Waals surface area contributed by atoms with Crippen molar-refractivity contribution in [1.82, 2.24) is 10.2 Å². The molecule has 1 aliphatic rings. The average Bonchev–Trinajstić information content (AvgIpc) is 3.47. The number of amides is 2. The highest BCUT2D eigenvalue weighted by molar-refractivity contribution is 7.92. The third kappa shape index (κ3) is 8.66. The van der Waals surface area contributed by atoms with E-state index in [9.17, 15) is 22.4 Å². The van der Waals surface area contributed by atoms with E-state index < -0.39 is 34.3 Å². The lowest BCUT2D eigenvalue weighted by Gasteiger charge is -2.34. The first-order chi connectivity index (χ1) is 20.3. The van der Waals surface area contributed by atoms with E-state index >= 15 is 0 Å². The van der Waals surface area contributed by atoms with Crippen molar-refractivity contribution in [3.05, 3.63) is 101 Å². The molecule has 0 unspecified atom stereocenters. The summed E-state index contributed by atoms with van der Waals surface area (Å²) in [7, 11) is -3.89. The second-order valence-electron chi connectivity index (χ2n) is 12.4. The fourth-order valence-electron chi connectivity index (χ4n) is 5.47. The van der Waals surface area contributed by atoms with Crippen molar-refractivity contribution in [2.24, 2.45) is 0 Å². The summed E-state index contributed by atoms with van der Waals surface area (Å²) < 4.78 is 42.0. The van der Waals surface area contributed by atoms with Crippen molar-refractivity contribution in [2.75, 3.05) is 17.1 Å². The zero-order chi connectivity index (χ0) is 31.2. The SMILES string of the molecule is CC(C)(C)c1ccc(N(CC(=O)N(Cc2ccccc2F)[C@H](Cc2ccccc2)C(=O)NC2CCCC2)S(C)(=O)=O)cc1. The Labute approximate surface area is 255 Å². The summed E-state index contributed by atoms with van der Waals surface area (Å²) in [5, 5.41) is 3.11. The first kappa shape index (κ1) is 32.2. The van der Waals surface area contributed by atoms with Gasteiger partial charge in [0.05, 0.1) is 11.9 Å². The number of nitrogens with one attached hydrogen (secondary N) is 1. The number of carbonyl (C=O) groups is 2. The monoisotopic (exact) mass is 607 g/mol. The Morgan fingerprint density at radius 1 is 0.930 bits per heavy atom. The van der Waals surface area contributed by atoms with Crippen LogP contribution in [0.15, 0.2) is 78.9 Å². The summed E-state index contributed by atoms with van der Waals surface area (Å²) in [5.74, 6) is -1.44. The largest absolute Gasteiger partial charge is 0.352 e. The zero-order valence-corrected chi connectivity index (χ0v) is 26.2. The molecule has 0 aromatic heterocycles. The summed E-state index contributed by atoms with van der Waals surface area (Å²) in [6, 6.07) is 21.5. The van der Waals surface area contributed by atoms with Crippen LogP contribution in [0.4, 0.5) is 10.1 Å². The minimum Gasteiger partial charge on any atom is -0.352 e. The molecule has 0 heterocycles. The quantitative estimate of drug-likeness (QED) is 0.308. The number of sulfonamides is 1. The maximum absolute atomic E-state index is 14.9. The molecule has 0 radical (unpaired) electrons. The summed E-state index contributed by atoms with van der Waals surface area (Å²) in [6.45, 7) is 5.45. The van der Waals surface area contributed by atoms with Crippen LogP contribution in [0, 0.1) is 5.82 Å². The predicted molar refractivity (Wildman–Crippen MR) is 169 cm³/mol. The topological polar surface area (TPSA) is 86.8 Å². The molecule has 1 aliphatic carbocycles. The normalized spacial score (nSPS) is 14.7. The Hall–Kier alpha value is -3.72. The lowest BCUT2D eigenvalue weighted by molar-refractivity contribution is -0.140. The van der Waals surface area contributed by atoms with Gasteiger partial charge in [0.1, 0.15) is 18.4 Å². The Kier molecular flexibility index (Phi) is 10.3. The first-order valence-electron chi connectivity index (χ1n) is 14.8. The predicted octanol–water partition coefficient (Wildman–Crippen LogP) is 5.59. The molecule has 0 aliphatic heterocycles. The first-order valence-corrected chi connectivity index (χ1v) is 16.6. The molecule has 0 saturated heterocycles. The molecule has 230 valence electrons. The number of rotatable bonds is 11. The highest BCUT2D eigenvalue weighted by Crippen LogP contribution is 2.27. The van der Waals surface area contributed by atoms with Crippen LogP contribution in [0.1, 0.15) is 63.1 Å². The van der Waals surface area contributed by atoms with Gasteiger partial charge in [-0.15, -0.1) is 0 Å². The molecular formula is C34H42FN3O4S. The van der Waals surface area contributed by atoms with Crippen molar-refractivity contribution in [1.29, 1.82) is 0 Å². The van der Waals surface area contributed by atoms with Crippen molar-refractivity contribution in [3.63, 3.8) is 0 Å². The molecule has 1 saturated carbocycles. The number of benzene rings is 3. The third-order valence-corrected chi connectivity index (χ3v) is 9.11. The van der Waals surface area contributed by atoms with Gasteiger partial charge in [0.2, 0.25) is 21.8 Å². The van der Waals surface area contributed by atoms with E-state index in [-0.39, 0.29) is 35.9 Å². The average molecular weight is 608 g/mol. The van der Waals surface area contributed by atoms with E-state index in [0.717, 1.165) is 47.4 Å². The van der Waals surface area contributed by atoms with E-state index in [1.807, 2.05) is 42.5 Å². The van der Waals surface area contributed by atoms with Crippen LogP contribution in [0.2, 0.25) is 0 Å². The van der Waals surface area contributed by atoms with Crippen LogP contribution in [0.5, 0.6) is 0 Å². The van der Waals surface area contributed by atoms with Crippen molar-refractivity contribution in [2.45, 2.75) is 76.9 Å². The number of hydrogen-bond donors (Lipinski definition) is 1. The van der Waals surface area contributed by atoms with Gasteiger partial charge in [-0.3, -0.25) is 13.9 Å². The molecule has 3 aromatic rings. The minimum absolute atomic E-state index is 0.00466. The molecule has 1 N–H and O–H groups in total. The van der Waals surface area contributed by atoms with Crippen LogP contribution in [0.25, 0.3) is 0 Å². The van der Waals surface area contributed by atoms with Gasteiger partial charge in [-0.05, 0) is 47.6 Å². The van der Waals surface area contributed by atoms with Gasteiger partial charge in [-0.2, -0.15) is 0 Å². The Balaban J connectivity index is 1.72. The van der Waals surface area contributed by atoms with Crippen molar-refractivity contribution < 1.29 is 22.4 Å². The lowest BCUT2D eigenvalue weighted by Crippen LogP contribution is -2.54. The molecule has 43 heavy (non-hydrogen) atoms. The maximum Gasteiger partial charge on any atom is 0.244 e. The summed E-state index contributed by atoms with van der Waals surface area (Å²) >= 11 is 0. The molecule has 9 heteroatoms. The van der Waals surface area contributed by atoms with Crippen molar-refractivity contribution in [3.8, 4) is 0 Å². The van der Waals surface area contributed by atoms with Crippen LogP contribution >= 0.6 is 0 Å². The molecule has 1 atom stereocenters. The number of hydrogen-bond acceptors (Lipinski definition) is 4. The van der Waals surface area contributed by atoms with Gasteiger partial charge < -0.3 is 10.2 Å². The van der Waals surface area contributed by atoms with Crippen LogP contribution in [-0.4, -0.2) is 50.0 Å². The molecule has 1 fully saturated rings. The number of carbonyl (C=O) groups excluding carboxylic acids is 2. The molecule has 2 amide bonds. The minimum atomic E-state index is -3.89. The lowest BCUT2D eigenvalue weighted by atomic mass is 9.87. The van der Waals surface area contributed by atoms with Crippen LogP contribution < -0.4 is 9.62 Å². The van der Waals surface area contributed by atoms with E-state index in [2.05, 4.69) is 26.1 Å². The Bertz CT molecular complexity index is 1500. The summed E-state index contributed by atoms with van der Waals surface area (Å²) in [4.78, 5) is 29.4. The third-order valence-electron chi connectivity index (χ3n) is 7.97. The van der Waals surface area contributed by atoms with Gasteiger partial charge >= 0.3 is 0 Å². The van der Waals surface area contributed by atoms with Gasteiger partial charge in [0, 0.05) is 24.6 Å². The van der Waals surface area contributed by atoms with E-state index in [4.69, 9.17) is 0 Å². The fourth-order valence-corrected chi connectivity index (χ4v) is 6.32. The van der Waals surface area contributed by atoms with E-state index in [1.165, 1.54) is 11.0 Å². The molecule has 0 bridgehead atoms. The van der Waals surface area contributed by atoms with Crippen LogP contribution in [0.3, 0.4) is 0 Å². The maximum atomic E-state index is 14.9. The molecule has 7 nitrogen and oxygen atoms in total. The van der Waals surface area contributed by atoms with E-state index in [0.29, 0.717) is 5.69 Å². The van der Waals surface area contributed by atoms with E-state index in [1.54, 1.807) is 30.3 Å². The van der Waals surface area contributed by atoms with Gasteiger partial charge in [-0.1, -0.05) is 94.3 Å².